The number of aromatic nitrogens is 2. The van der Waals surface area contributed by atoms with E-state index >= 15 is 0 Å². The van der Waals surface area contributed by atoms with Crippen LogP contribution in [0.5, 0.6) is 0 Å². The van der Waals surface area contributed by atoms with Crippen LogP contribution in [0.1, 0.15) is 38.0 Å². The monoisotopic (exact) mass is 255 g/mol. The lowest BCUT2D eigenvalue weighted by atomic mass is 10.1. The van der Waals surface area contributed by atoms with E-state index in [0.29, 0.717) is 25.0 Å². The summed E-state index contributed by atoms with van der Waals surface area (Å²) in [5, 5.41) is 24.6. The van der Waals surface area contributed by atoms with E-state index in [0.717, 1.165) is 0 Å². The summed E-state index contributed by atoms with van der Waals surface area (Å²) in [7, 11) is 1.66. The minimum atomic E-state index is -0.447. The summed E-state index contributed by atoms with van der Waals surface area (Å²) in [4.78, 5) is 10.5. The molecule has 7 heteroatoms. The molecular weight excluding hydrogens is 238 g/mol. The molecule has 1 saturated heterocycles. The van der Waals surface area contributed by atoms with Gasteiger partial charge in [-0.3, -0.25) is 14.8 Å². The third-order valence-corrected chi connectivity index (χ3v) is 3.23. The number of aliphatic hydroxyl groups is 1. The Morgan fingerprint density at radius 2 is 2.33 bits per heavy atom. The zero-order valence-corrected chi connectivity index (χ0v) is 10.4. The first-order chi connectivity index (χ1) is 8.49. The predicted octanol–water partition coefficient (Wildman–Crippen LogP) is 1.32. The first-order valence-electron chi connectivity index (χ1n) is 5.99. The molecule has 1 N–H and O–H groups in total. The van der Waals surface area contributed by atoms with Crippen molar-refractivity contribution >= 4 is 5.69 Å². The molecule has 1 aliphatic rings. The van der Waals surface area contributed by atoms with Crippen molar-refractivity contribution in [2.45, 2.75) is 44.5 Å². The van der Waals surface area contributed by atoms with Crippen LogP contribution in [0.2, 0.25) is 0 Å². The van der Waals surface area contributed by atoms with Crippen molar-refractivity contribution in [1.29, 1.82) is 0 Å². The van der Waals surface area contributed by atoms with Gasteiger partial charge in [-0.05, 0) is 26.2 Å². The molecule has 100 valence electrons. The van der Waals surface area contributed by atoms with Gasteiger partial charge in [-0.15, -0.1) is 0 Å². The van der Waals surface area contributed by atoms with Crippen LogP contribution in [-0.2, 0) is 11.8 Å². The van der Waals surface area contributed by atoms with Crippen LogP contribution in [0.15, 0.2) is 6.20 Å². The Balaban J connectivity index is 2.30. The average Bonchev–Trinajstić information content (AvgIpc) is 2.58. The smallest absolute Gasteiger partial charge is 0.312 e. The number of nitro groups is 1. The van der Waals surface area contributed by atoms with E-state index < -0.39 is 11.0 Å². The van der Waals surface area contributed by atoms with Gasteiger partial charge in [-0.1, -0.05) is 0 Å². The molecule has 1 aliphatic heterocycles. The van der Waals surface area contributed by atoms with Crippen molar-refractivity contribution in [3.63, 3.8) is 0 Å². The van der Waals surface area contributed by atoms with Gasteiger partial charge in [0, 0.05) is 7.05 Å². The number of nitrogens with zero attached hydrogens (tertiary/aromatic N) is 3. The molecule has 0 aliphatic carbocycles. The number of aryl methyl sites for hydroxylation is 1. The Hall–Kier alpha value is -1.47. The largest absolute Gasteiger partial charge is 0.393 e. The molecule has 0 saturated carbocycles. The van der Waals surface area contributed by atoms with E-state index in [9.17, 15) is 15.2 Å². The predicted molar refractivity (Wildman–Crippen MR) is 63.0 cm³/mol. The van der Waals surface area contributed by atoms with Gasteiger partial charge in [-0.2, -0.15) is 5.10 Å². The molecule has 0 unspecified atom stereocenters. The first-order valence-corrected chi connectivity index (χ1v) is 5.99. The number of hydrogen-bond acceptors (Lipinski definition) is 5. The Kier molecular flexibility index (Phi) is 3.63. The van der Waals surface area contributed by atoms with Crippen molar-refractivity contribution in [3.8, 4) is 0 Å². The Labute approximate surface area is 105 Å². The van der Waals surface area contributed by atoms with E-state index in [1.54, 1.807) is 7.05 Å². The van der Waals surface area contributed by atoms with Crippen LogP contribution < -0.4 is 0 Å². The Morgan fingerprint density at radius 1 is 1.61 bits per heavy atom. The molecule has 2 heterocycles. The molecular formula is C11H17N3O4. The van der Waals surface area contributed by atoms with Crippen LogP contribution in [-0.4, -0.2) is 32.0 Å². The van der Waals surface area contributed by atoms with Crippen molar-refractivity contribution in [2.75, 3.05) is 0 Å². The molecule has 0 spiro atoms. The zero-order valence-electron chi connectivity index (χ0n) is 10.4. The maximum absolute atomic E-state index is 11.0. The highest BCUT2D eigenvalue weighted by Crippen LogP contribution is 2.34. The minimum absolute atomic E-state index is 0.0221. The average molecular weight is 255 g/mol. The van der Waals surface area contributed by atoms with E-state index in [1.807, 2.05) is 6.92 Å². The number of rotatable bonds is 2. The lowest BCUT2D eigenvalue weighted by Gasteiger charge is -2.18. The molecule has 18 heavy (non-hydrogen) atoms. The molecule has 1 aromatic heterocycles. The van der Waals surface area contributed by atoms with Crippen molar-refractivity contribution < 1.29 is 14.8 Å². The number of aliphatic hydroxyl groups excluding tert-OH is 1. The van der Waals surface area contributed by atoms with Gasteiger partial charge < -0.3 is 9.84 Å². The highest BCUT2D eigenvalue weighted by Gasteiger charge is 2.31. The molecule has 0 radical (unpaired) electrons. The van der Waals surface area contributed by atoms with Crippen LogP contribution in [0, 0.1) is 10.1 Å². The summed E-state index contributed by atoms with van der Waals surface area (Å²) in [6.45, 7) is 1.86. The second-order valence-electron chi connectivity index (χ2n) is 4.70. The molecule has 0 amide bonds. The van der Waals surface area contributed by atoms with Crippen LogP contribution in [0.4, 0.5) is 5.69 Å². The van der Waals surface area contributed by atoms with Gasteiger partial charge in [0.15, 0.2) is 0 Å². The topological polar surface area (TPSA) is 90.4 Å². The van der Waals surface area contributed by atoms with Gasteiger partial charge in [0.1, 0.15) is 18.0 Å². The molecule has 0 bridgehead atoms. The van der Waals surface area contributed by atoms with Crippen molar-refractivity contribution in [2.24, 2.45) is 7.05 Å². The Bertz CT molecular complexity index is 445. The lowest BCUT2D eigenvalue weighted by molar-refractivity contribution is -0.386. The molecule has 1 fully saturated rings. The molecule has 0 aromatic carbocycles. The van der Waals surface area contributed by atoms with E-state index in [1.165, 1.54) is 10.9 Å². The standard InChI is InChI=1S/C11H17N3O4/c1-7-5-8(15)3-4-10(18-7)11-9(14(16)17)6-12-13(11)2/h6-8,10,15H,3-5H2,1-2H3/t7-,8+,10-/m1/s1. The van der Waals surface area contributed by atoms with Gasteiger partial charge in [-0.25, -0.2) is 0 Å². The summed E-state index contributed by atoms with van der Waals surface area (Å²) in [5.41, 5.74) is 0.451. The summed E-state index contributed by atoms with van der Waals surface area (Å²) in [6, 6.07) is 0. The van der Waals surface area contributed by atoms with Gasteiger partial charge >= 0.3 is 5.69 Å². The first kappa shape index (κ1) is 13.0. The summed E-state index contributed by atoms with van der Waals surface area (Å²) >= 11 is 0. The summed E-state index contributed by atoms with van der Waals surface area (Å²) in [5.74, 6) is 0. The Morgan fingerprint density at radius 3 is 3.00 bits per heavy atom. The van der Waals surface area contributed by atoms with Crippen molar-refractivity contribution in [1.82, 2.24) is 9.78 Å². The van der Waals surface area contributed by atoms with E-state index in [2.05, 4.69) is 5.10 Å². The normalized spacial score (nSPS) is 28.9. The zero-order chi connectivity index (χ0) is 13.3. The third kappa shape index (κ3) is 2.51. The second-order valence-corrected chi connectivity index (χ2v) is 4.70. The second kappa shape index (κ2) is 5.03. The maximum atomic E-state index is 11.0. The summed E-state index contributed by atoms with van der Waals surface area (Å²) in [6.07, 6.45) is 2.03. The van der Waals surface area contributed by atoms with E-state index in [-0.39, 0.29) is 17.9 Å². The number of ether oxygens (including phenoxy) is 1. The van der Waals surface area contributed by atoms with Gasteiger partial charge in [0.25, 0.3) is 0 Å². The van der Waals surface area contributed by atoms with Crippen molar-refractivity contribution in [3.05, 3.63) is 22.0 Å². The van der Waals surface area contributed by atoms with Crippen LogP contribution in [0.25, 0.3) is 0 Å². The molecule has 3 atom stereocenters. The van der Waals surface area contributed by atoms with Crippen LogP contribution in [0.3, 0.4) is 0 Å². The number of hydrogen-bond donors (Lipinski definition) is 1. The molecule has 7 nitrogen and oxygen atoms in total. The molecule has 2 rings (SSSR count). The fourth-order valence-electron chi connectivity index (χ4n) is 2.40. The fraction of sp³-hybridized carbons (Fsp3) is 0.727. The van der Waals surface area contributed by atoms with E-state index in [4.69, 9.17) is 4.74 Å². The summed E-state index contributed by atoms with van der Waals surface area (Å²) < 4.78 is 7.25. The minimum Gasteiger partial charge on any atom is -0.393 e. The van der Waals surface area contributed by atoms with Crippen LogP contribution >= 0.6 is 0 Å². The quantitative estimate of drug-likeness (QED) is 0.635. The van der Waals surface area contributed by atoms with Gasteiger partial charge in [0.05, 0.1) is 17.1 Å². The third-order valence-electron chi connectivity index (χ3n) is 3.23. The fourth-order valence-corrected chi connectivity index (χ4v) is 2.40. The highest BCUT2D eigenvalue weighted by atomic mass is 16.6. The molecule has 1 aromatic rings. The SMILES string of the molecule is C[C@@H]1C[C@@H](O)CC[C@H](c2c([N+](=O)[O-])cnn2C)O1. The van der Waals surface area contributed by atoms with Gasteiger partial charge in [0.2, 0.25) is 0 Å². The highest BCUT2D eigenvalue weighted by molar-refractivity contribution is 5.34. The maximum Gasteiger partial charge on any atom is 0.312 e. The lowest BCUT2D eigenvalue weighted by Crippen LogP contribution is -2.16.